The van der Waals surface area contributed by atoms with Gasteiger partial charge in [-0.05, 0) is 25.5 Å². The molecule has 2 aromatic rings. The van der Waals surface area contributed by atoms with E-state index in [9.17, 15) is 0 Å². The van der Waals surface area contributed by atoms with E-state index in [0.717, 1.165) is 75.4 Å². The Morgan fingerprint density at radius 2 is 1.90 bits per heavy atom. The first-order valence-corrected chi connectivity index (χ1v) is 11.3. The molecule has 1 N–H and O–H groups in total. The fraction of sp³-hybridized carbons (Fsp3) is 0.545. The van der Waals surface area contributed by atoms with Gasteiger partial charge in [-0.25, -0.2) is 4.98 Å². The van der Waals surface area contributed by atoms with Crippen LogP contribution in [0.5, 0.6) is 0 Å². The first-order chi connectivity index (χ1) is 14.1. The van der Waals surface area contributed by atoms with Gasteiger partial charge < -0.3 is 15.1 Å². The molecule has 1 aliphatic rings. The average molecular weight is 415 g/mol. The Hall–Kier alpha value is -1.96. The number of hydrogen-bond donors (Lipinski definition) is 1. The lowest BCUT2D eigenvalue weighted by molar-refractivity contribution is 0.126. The van der Waals surface area contributed by atoms with E-state index in [4.69, 9.17) is 0 Å². The Bertz CT molecular complexity index is 752. The van der Waals surface area contributed by atoms with Crippen LogP contribution in [0.3, 0.4) is 0 Å². The van der Waals surface area contributed by atoms with Gasteiger partial charge in [-0.2, -0.15) is 0 Å². The summed E-state index contributed by atoms with van der Waals surface area (Å²) in [5.41, 5.74) is 2.51. The Labute approximate surface area is 179 Å². The van der Waals surface area contributed by atoms with Crippen molar-refractivity contribution in [1.29, 1.82) is 0 Å². The maximum atomic E-state index is 4.54. The monoisotopic (exact) mass is 414 g/mol. The molecule has 29 heavy (non-hydrogen) atoms. The molecule has 0 atom stereocenters. The molecule has 1 aliphatic heterocycles. The third-order valence-electron chi connectivity index (χ3n) is 5.29. The summed E-state index contributed by atoms with van der Waals surface area (Å²) in [5.74, 6) is 0.934. The lowest BCUT2D eigenvalue weighted by atomic mass is 10.2. The van der Waals surface area contributed by atoms with Crippen LogP contribution >= 0.6 is 11.3 Å². The highest BCUT2D eigenvalue weighted by Gasteiger charge is 2.16. The smallest absolute Gasteiger partial charge is 0.193 e. The van der Waals surface area contributed by atoms with Gasteiger partial charge in [0.25, 0.3) is 0 Å². The second-order valence-corrected chi connectivity index (χ2v) is 8.71. The number of hydrogen-bond acceptors (Lipinski definition) is 5. The van der Waals surface area contributed by atoms with E-state index in [1.807, 2.05) is 14.0 Å². The van der Waals surface area contributed by atoms with Crippen LogP contribution in [0.2, 0.25) is 0 Å². The molecular weight excluding hydrogens is 380 g/mol. The van der Waals surface area contributed by atoms with Crippen LogP contribution in [0, 0.1) is 6.92 Å². The normalized spacial score (nSPS) is 16.2. The van der Waals surface area contributed by atoms with Crippen LogP contribution < -0.4 is 5.32 Å². The zero-order valence-corrected chi connectivity index (χ0v) is 18.8. The minimum Gasteiger partial charge on any atom is -0.356 e. The maximum absolute atomic E-state index is 4.54. The zero-order valence-electron chi connectivity index (χ0n) is 18.0. The second kappa shape index (κ2) is 11.3. The molecule has 0 bridgehead atoms. The molecule has 1 fully saturated rings. The Morgan fingerprint density at radius 1 is 1.17 bits per heavy atom. The van der Waals surface area contributed by atoms with Crippen LogP contribution in [0.1, 0.15) is 22.7 Å². The van der Waals surface area contributed by atoms with Gasteiger partial charge in [0.2, 0.25) is 0 Å². The summed E-state index contributed by atoms with van der Waals surface area (Å²) >= 11 is 1.70. The van der Waals surface area contributed by atoms with Crippen LogP contribution in [-0.2, 0) is 13.1 Å². The number of nitrogens with one attached hydrogen (secondary N) is 1. The highest BCUT2D eigenvalue weighted by atomic mass is 32.1. The quantitative estimate of drug-likeness (QED) is 0.409. The van der Waals surface area contributed by atoms with Gasteiger partial charge >= 0.3 is 0 Å². The summed E-state index contributed by atoms with van der Waals surface area (Å²) in [6.45, 7) is 10.6. The topological polar surface area (TPSA) is 47.0 Å². The number of nitrogens with zero attached hydrogens (tertiary/aromatic N) is 5. The van der Waals surface area contributed by atoms with E-state index in [1.165, 1.54) is 5.56 Å². The van der Waals surface area contributed by atoms with Crippen molar-refractivity contribution in [2.24, 2.45) is 4.99 Å². The minimum atomic E-state index is 0.785. The van der Waals surface area contributed by atoms with Gasteiger partial charge in [0.05, 0.1) is 17.2 Å². The number of benzene rings is 1. The van der Waals surface area contributed by atoms with Gasteiger partial charge in [0.1, 0.15) is 0 Å². The molecule has 2 heterocycles. The van der Waals surface area contributed by atoms with Gasteiger partial charge in [-0.15, -0.1) is 11.3 Å². The van der Waals surface area contributed by atoms with Crippen LogP contribution in [0.25, 0.3) is 0 Å². The molecule has 0 amide bonds. The summed E-state index contributed by atoms with van der Waals surface area (Å²) in [6, 6.07) is 10.8. The molecule has 3 rings (SSSR count). The summed E-state index contributed by atoms with van der Waals surface area (Å²) in [6.07, 6.45) is 1.13. The van der Waals surface area contributed by atoms with E-state index in [-0.39, 0.29) is 0 Å². The zero-order chi connectivity index (χ0) is 20.5. The fourth-order valence-corrected chi connectivity index (χ4v) is 4.30. The number of aromatic nitrogens is 1. The molecule has 0 spiro atoms. The van der Waals surface area contributed by atoms with E-state index in [2.05, 4.69) is 72.8 Å². The molecule has 1 aromatic carbocycles. The van der Waals surface area contributed by atoms with E-state index < -0.39 is 0 Å². The van der Waals surface area contributed by atoms with E-state index in [0.29, 0.717) is 0 Å². The number of piperazine rings is 1. The Balaban J connectivity index is 1.31. The van der Waals surface area contributed by atoms with Gasteiger partial charge in [-0.3, -0.25) is 9.89 Å². The molecule has 6 nitrogen and oxygen atoms in total. The van der Waals surface area contributed by atoms with Gasteiger partial charge in [0.15, 0.2) is 5.96 Å². The summed E-state index contributed by atoms with van der Waals surface area (Å²) < 4.78 is 0. The van der Waals surface area contributed by atoms with Gasteiger partial charge in [-0.1, -0.05) is 30.3 Å². The minimum absolute atomic E-state index is 0.785. The first kappa shape index (κ1) is 21.7. The Kier molecular flexibility index (Phi) is 8.46. The number of aliphatic imine (C=N–C) groups is 1. The van der Waals surface area contributed by atoms with Crippen molar-refractivity contribution in [2.45, 2.75) is 26.4 Å². The Morgan fingerprint density at radius 3 is 2.55 bits per heavy atom. The first-order valence-electron chi connectivity index (χ1n) is 10.5. The SMILES string of the molecule is CN=C(NCCCN1CCN(Cc2ccccc2)CC1)N(C)Cc1csc(C)n1. The molecule has 0 saturated carbocycles. The molecule has 1 saturated heterocycles. The highest BCUT2D eigenvalue weighted by molar-refractivity contribution is 7.09. The molecule has 0 unspecified atom stereocenters. The van der Waals surface area contributed by atoms with Crippen molar-refractivity contribution in [2.75, 3.05) is 53.4 Å². The predicted molar refractivity (Wildman–Crippen MR) is 122 cm³/mol. The number of guanidine groups is 1. The van der Waals surface area contributed by atoms with Crippen molar-refractivity contribution in [3.05, 3.63) is 52.0 Å². The van der Waals surface area contributed by atoms with Crippen LogP contribution in [0.4, 0.5) is 0 Å². The van der Waals surface area contributed by atoms with Crippen LogP contribution in [-0.4, -0.2) is 79.0 Å². The van der Waals surface area contributed by atoms with Crippen molar-refractivity contribution in [3.8, 4) is 0 Å². The predicted octanol–water partition coefficient (Wildman–Crippen LogP) is 2.67. The lowest BCUT2D eigenvalue weighted by Gasteiger charge is -2.34. The van der Waals surface area contributed by atoms with E-state index >= 15 is 0 Å². The number of rotatable bonds is 8. The molecular formula is C22H34N6S. The van der Waals surface area contributed by atoms with Crippen molar-refractivity contribution in [1.82, 2.24) is 25.0 Å². The van der Waals surface area contributed by atoms with Gasteiger partial charge in [0, 0.05) is 58.7 Å². The molecule has 7 heteroatoms. The third kappa shape index (κ3) is 7.10. The summed E-state index contributed by atoms with van der Waals surface area (Å²) in [7, 11) is 3.91. The van der Waals surface area contributed by atoms with E-state index in [1.54, 1.807) is 11.3 Å². The summed E-state index contributed by atoms with van der Waals surface area (Å²) in [5, 5.41) is 6.72. The largest absolute Gasteiger partial charge is 0.356 e. The average Bonchev–Trinajstić information content (AvgIpc) is 3.14. The second-order valence-electron chi connectivity index (χ2n) is 7.64. The van der Waals surface area contributed by atoms with Crippen molar-refractivity contribution < 1.29 is 0 Å². The summed E-state index contributed by atoms with van der Waals surface area (Å²) in [4.78, 5) is 16.2. The molecule has 158 valence electrons. The standard InChI is InChI=1S/C22H34N6S/c1-19-25-21(18-29-19)17-26(3)22(23-2)24-10-7-11-27-12-14-28(15-13-27)16-20-8-5-4-6-9-20/h4-6,8-9,18H,7,10-17H2,1-3H3,(H,23,24). The van der Waals surface area contributed by atoms with Crippen molar-refractivity contribution >= 4 is 17.3 Å². The lowest BCUT2D eigenvalue weighted by Crippen LogP contribution is -2.46. The fourth-order valence-electron chi connectivity index (χ4n) is 3.70. The number of aryl methyl sites for hydroxylation is 1. The maximum Gasteiger partial charge on any atom is 0.193 e. The highest BCUT2D eigenvalue weighted by Crippen LogP contribution is 2.10. The van der Waals surface area contributed by atoms with Crippen LogP contribution in [0.15, 0.2) is 40.7 Å². The molecule has 0 radical (unpaired) electrons. The molecule has 1 aromatic heterocycles. The van der Waals surface area contributed by atoms with Crippen molar-refractivity contribution in [3.63, 3.8) is 0 Å². The third-order valence-corrected chi connectivity index (χ3v) is 6.11. The number of thiazole rings is 1. The molecule has 0 aliphatic carbocycles.